The van der Waals surface area contributed by atoms with E-state index in [0.717, 1.165) is 17.8 Å². The molecule has 186 valence electrons. The topological polar surface area (TPSA) is 132 Å². The predicted molar refractivity (Wildman–Crippen MR) is 129 cm³/mol. The van der Waals surface area contributed by atoms with Crippen molar-refractivity contribution in [2.45, 2.75) is 17.9 Å². The number of rotatable bonds is 4. The van der Waals surface area contributed by atoms with Gasteiger partial charge in [-0.25, -0.2) is 32.7 Å². The molecule has 2 aliphatic rings. The maximum Gasteiger partial charge on any atom is 0.243 e. The van der Waals surface area contributed by atoms with Crippen molar-refractivity contribution in [3.05, 3.63) is 60.1 Å². The molecular weight excluding hydrogens is 487 g/mol. The first-order valence-electron chi connectivity index (χ1n) is 11.5. The number of anilines is 2. The van der Waals surface area contributed by atoms with E-state index in [4.69, 9.17) is 20.4 Å². The SMILES string of the molecule is Nc1ncc(-c2cn3c4c(nc3c(N3CCOCC3)n2)CN(S(=O)(=O)c2ccc(F)cc2)CC4)cn1. The van der Waals surface area contributed by atoms with Crippen LogP contribution in [-0.4, -0.2) is 69.9 Å². The molecule has 11 nitrogen and oxygen atoms in total. The lowest BCUT2D eigenvalue weighted by molar-refractivity contribution is 0.122. The number of nitrogens with two attached hydrogens (primary N) is 1. The summed E-state index contributed by atoms with van der Waals surface area (Å²) in [6, 6.07) is 4.86. The number of aromatic nitrogens is 5. The molecule has 0 saturated carbocycles. The van der Waals surface area contributed by atoms with E-state index < -0.39 is 15.8 Å². The van der Waals surface area contributed by atoms with Crippen LogP contribution >= 0.6 is 0 Å². The van der Waals surface area contributed by atoms with E-state index in [-0.39, 0.29) is 23.9 Å². The molecule has 0 bridgehead atoms. The number of nitrogen functional groups attached to an aromatic ring is 1. The Morgan fingerprint density at radius 2 is 1.72 bits per heavy atom. The van der Waals surface area contributed by atoms with Gasteiger partial charge in [0.15, 0.2) is 11.5 Å². The van der Waals surface area contributed by atoms with Crippen molar-refractivity contribution in [2.24, 2.45) is 0 Å². The summed E-state index contributed by atoms with van der Waals surface area (Å²) in [5, 5.41) is 0. The molecule has 1 saturated heterocycles. The van der Waals surface area contributed by atoms with Crippen molar-refractivity contribution >= 4 is 27.4 Å². The van der Waals surface area contributed by atoms with Crippen LogP contribution in [0.2, 0.25) is 0 Å². The zero-order chi connectivity index (χ0) is 24.9. The average Bonchev–Trinajstić information content (AvgIpc) is 3.27. The molecule has 1 fully saturated rings. The molecule has 6 rings (SSSR count). The normalized spacial score (nSPS) is 16.9. The number of hydrogen-bond donors (Lipinski definition) is 1. The molecule has 36 heavy (non-hydrogen) atoms. The predicted octanol–water partition coefficient (Wildman–Crippen LogP) is 1.49. The molecule has 0 spiro atoms. The van der Waals surface area contributed by atoms with Gasteiger partial charge in [0.05, 0.1) is 36.0 Å². The Hall–Kier alpha value is -3.68. The number of nitrogens with zero attached hydrogens (tertiary/aromatic N) is 7. The first-order valence-corrected chi connectivity index (χ1v) is 12.9. The molecule has 0 radical (unpaired) electrons. The van der Waals surface area contributed by atoms with E-state index >= 15 is 0 Å². The van der Waals surface area contributed by atoms with Crippen molar-refractivity contribution in [1.82, 2.24) is 28.6 Å². The zero-order valence-electron chi connectivity index (χ0n) is 19.2. The summed E-state index contributed by atoms with van der Waals surface area (Å²) in [5.74, 6) is 0.381. The second kappa shape index (κ2) is 8.76. The smallest absolute Gasteiger partial charge is 0.243 e. The highest BCUT2D eigenvalue weighted by Gasteiger charge is 2.32. The van der Waals surface area contributed by atoms with E-state index in [1.54, 1.807) is 12.4 Å². The summed E-state index contributed by atoms with van der Waals surface area (Å²) < 4.78 is 48.7. The zero-order valence-corrected chi connectivity index (χ0v) is 20.0. The van der Waals surface area contributed by atoms with Gasteiger partial charge < -0.3 is 15.4 Å². The Balaban J connectivity index is 1.43. The average molecular weight is 511 g/mol. The third-order valence-corrected chi connectivity index (χ3v) is 8.28. The van der Waals surface area contributed by atoms with E-state index in [1.807, 2.05) is 10.6 Å². The Bertz CT molecular complexity index is 1530. The van der Waals surface area contributed by atoms with E-state index in [2.05, 4.69) is 14.9 Å². The molecule has 5 heterocycles. The number of benzene rings is 1. The lowest BCUT2D eigenvalue weighted by Crippen LogP contribution is -2.37. The van der Waals surface area contributed by atoms with Crippen LogP contribution in [0.4, 0.5) is 16.2 Å². The summed E-state index contributed by atoms with van der Waals surface area (Å²) in [5.41, 5.74) is 9.27. The quantitative estimate of drug-likeness (QED) is 0.434. The van der Waals surface area contributed by atoms with Crippen LogP contribution in [0, 0.1) is 5.82 Å². The highest BCUT2D eigenvalue weighted by Crippen LogP contribution is 2.31. The van der Waals surface area contributed by atoms with Crippen LogP contribution in [0.5, 0.6) is 0 Å². The maximum absolute atomic E-state index is 13.3. The van der Waals surface area contributed by atoms with Crippen molar-refractivity contribution in [1.29, 1.82) is 0 Å². The molecule has 2 N–H and O–H groups in total. The summed E-state index contributed by atoms with van der Waals surface area (Å²) in [4.78, 5) is 20.1. The molecule has 1 aromatic carbocycles. The van der Waals surface area contributed by atoms with E-state index in [9.17, 15) is 12.8 Å². The molecule has 3 aromatic heterocycles. The Labute approximate surface area is 206 Å². The molecule has 0 aliphatic carbocycles. The number of hydrogen-bond acceptors (Lipinski definition) is 9. The van der Waals surface area contributed by atoms with E-state index in [1.165, 1.54) is 16.4 Å². The van der Waals surface area contributed by atoms with Gasteiger partial charge in [-0.05, 0) is 24.3 Å². The van der Waals surface area contributed by atoms with Gasteiger partial charge in [-0.1, -0.05) is 0 Å². The molecular formula is C23H23FN8O3S. The van der Waals surface area contributed by atoms with Crippen LogP contribution in [0.25, 0.3) is 16.9 Å². The van der Waals surface area contributed by atoms with Gasteiger partial charge in [0.1, 0.15) is 5.82 Å². The minimum Gasteiger partial charge on any atom is -0.378 e. The first kappa shape index (κ1) is 22.8. The van der Waals surface area contributed by atoms with Crippen molar-refractivity contribution in [2.75, 3.05) is 43.5 Å². The van der Waals surface area contributed by atoms with Crippen LogP contribution < -0.4 is 10.6 Å². The second-order valence-electron chi connectivity index (χ2n) is 8.62. The van der Waals surface area contributed by atoms with Crippen LogP contribution in [-0.2, 0) is 27.7 Å². The molecule has 2 aliphatic heterocycles. The van der Waals surface area contributed by atoms with Gasteiger partial charge in [0, 0.05) is 55.9 Å². The number of halogens is 1. The molecule has 0 amide bonds. The second-order valence-corrected chi connectivity index (χ2v) is 10.6. The number of morpholine rings is 1. The van der Waals surface area contributed by atoms with Gasteiger partial charge >= 0.3 is 0 Å². The Kier molecular flexibility index (Phi) is 5.54. The van der Waals surface area contributed by atoms with Gasteiger partial charge in [-0.3, -0.25) is 4.40 Å². The lowest BCUT2D eigenvalue weighted by atomic mass is 10.2. The van der Waals surface area contributed by atoms with Gasteiger partial charge in [-0.2, -0.15) is 4.31 Å². The monoisotopic (exact) mass is 510 g/mol. The standard InChI is InChI=1S/C23H23FN8O3S/c24-16-1-3-17(4-2-16)36(33,34)31-6-5-20-19(13-31)29-22-21(30-7-9-35-10-8-30)28-18(14-32(20)22)15-11-26-23(25)27-12-15/h1-4,11-12,14H,5-10,13H2,(H2,25,26,27). The number of imidazole rings is 1. The molecule has 13 heteroatoms. The Morgan fingerprint density at radius 1 is 1.00 bits per heavy atom. The fourth-order valence-electron chi connectivity index (χ4n) is 4.55. The van der Waals surface area contributed by atoms with Gasteiger partial charge in [0.2, 0.25) is 16.0 Å². The lowest BCUT2D eigenvalue weighted by Gasteiger charge is -2.28. The first-order chi connectivity index (χ1) is 17.4. The van der Waals surface area contributed by atoms with Crippen molar-refractivity contribution in [3.8, 4) is 11.3 Å². The minimum absolute atomic E-state index is 0.0532. The number of sulfonamides is 1. The third-order valence-electron chi connectivity index (χ3n) is 6.42. The van der Waals surface area contributed by atoms with Gasteiger partial charge in [-0.15, -0.1) is 0 Å². The summed E-state index contributed by atoms with van der Waals surface area (Å²) in [6.45, 7) is 2.86. The maximum atomic E-state index is 13.3. The van der Waals surface area contributed by atoms with Crippen LogP contribution in [0.3, 0.4) is 0 Å². The Morgan fingerprint density at radius 3 is 2.44 bits per heavy atom. The van der Waals surface area contributed by atoms with Gasteiger partial charge in [0.25, 0.3) is 0 Å². The largest absolute Gasteiger partial charge is 0.378 e. The van der Waals surface area contributed by atoms with Crippen molar-refractivity contribution in [3.63, 3.8) is 0 Å². The third kappa shape index (κ3) is 3.94. The van der Waals surface area contributed by atoms with E-state index in [0.29, 0.717) is 61.1 Å². The highest BCUT2D eigenvalue weighted by atomic mass is 32.2. The molecule has 0 atom stereocenters. The summed E-state index contributed by atoms with van der Waals surface area (Å²) in [6.07, 6.45) is 5.59. The van der Waals surface area contributed by atoms with Crippen molar-refractivity contribution < 1.29 is 17.5 Å². The number of ether oxygens (including phenoxy) is 1. The summed E-state index contributed by atoms with van der Waals surface area (Å²) in [7, 11) is -3.80. The molecule has 0 unspecified atom stereocenters. The number of fused-ring (bicyclic) bond motifs is 3. The molecule has 4 aromatic rings. The fraction of sp³-hybridized carbons (Fsp3) is 0.304. The van der Waals surface area contributed by atoms with Crippen LogP contribution in [0.1, 0.15) is 11.4 Å². The van der Waals surface area contributed by atoms with Crippen LogP contribution in [0.15, 0.2) is 47.8 Å². The highest BCUT2D eigenvalue weighted by molar-refractivity contribution is 7.89. The minimum atomic E-state index is -3.80. The fourth-order valence-corrected chi connectivity index (χ4v) is 5.95. The summed E-state index contributed by atoms with van der Waals surface area (Å²) >= 11 is 0.